The standard InChI is InChI=1S/C15H11ClN2O/c16-12-8-4-5-9-13(12)18-14(10-17-15(18)19)11-6-2-1-3-7-11/h1-10H,(H,17,19). The molecule has 1 aromatic heterocycles. The Morgan fingerprint density at radius 3 is 2.37 bits per heavy atom. The summed E-state index contributed by atoms with van der Waals surface area (Å²) in [4.78, 5) is 14.7. The summed E-state index contributed by atoms with van der Waals surface area (Å²) in [5, 5.41) is 0.543. The Morgan fingerprint density at radius 2 is 1.63 bits per heavy atom. The first-order valence-corrected chi connectivity index (χ1v) is 6.26. The maximum Gasteiger partial charge on any atom is 0.330 e. The molecule has 3 aromatic rings. The lowest BCUT2D eigenvalue weighted by Crippen LogP contribution is -2.16. The number of nitrogens with one attached hydrogen (secondary N) is 1. The lowest BCUT2D eigenvalue weighted by atomic mass is 10.1. The van der Waals surface area contributed by atoms with Crippen LogP contribution in [0.4, 0.5) is 0 Å². The quantitative estimate of drug-likeness (QED) is 0.760. The zero-order valence-electron chi connectivity index (χ0n) is 10.0. The van der Waals surface area contributed by atoms with E-state index in [1.165, 1.54) is 0 Å². The summed E-state index contributed by atoms with van der Waals surface area (Å²) in [6.45, 7) is 0. The van der Waals surface area contributed by atoms with Crippen LogP contribution in [0, 0.1) is 0 Å². The summed E-state index contributed by atoms with van der Waals surface area (Å²) in [5.41, 5.74) is 2.22. The van der Waals surface area contributed by atoms with Crippen LogP contribution in [0.2, 0.25) is 5.02 Å². The fraction of sp³-hybridized carbons (Fsp3) is 0. The third-order valence-electron chi connectivity index (χ3n) is 2.94. The number of aromatic nitrogens is 2. The van der Waals surface area contributed by atoms with Crippen molar-refractivity contribution in [2.75, 3.05) is 0 Å². The van der Waals surface area contributed by atoms with E-state index in [1.807, 2.05) is 48.5 Å². The number of benzene rings is 2. The molecule has 0 amide bonds. The van der Waals surface area contributed by atoms with Crippen LogP contribution in [-0.2, 0) is 0 Å². The molecule has 0 aliphatic heterocycles. The van der Waals surface area contributed by atoms with E-state index < -0.39 is 0 Å². The van der Waals surface area contributed by atoms with E-state index >= 15 is 0 Å². The van der Waals surface area contributed by atoms with E-state index in [-0.39, 0.29) is 5.69 Å². The van der Waals surface area contributed by atoms with E-state index in [1.54, 1.807) is 16.8 Å². The highest BCUT2D eigenvalue weighted by atomic mass is 35.5. The highest BCUT2D eigenvalue weighted by Gasteiger charge is 2.12. The predicted octanol–water partition coefficient (Wildman–Crippen LogP) is 3.49. The molecule has 3 rings (SSSR count). The van der Waals surface area contributed by atoms with Crippen molar-refractivity contribution in [3.8, 4) is 16.9 Å². The molecule has 1 N–H and O–H groups in total. The number of rotatable bonds is 2. The van der Waals surface area contributed by atoms with Gasteiger partial charge < -0.3 is 4.98 Å². The SMILES string of the molecule is O=c1[nH]cc(-c2ccccc2)n1-c1ccccc1Cl. The maximum absolute atomic E-state index is 12.0. The molecule has 0 bridgehead atoms. The van der Waals surface area contributed by atoms with E-state index in [9.17, 15) is 4.79 Å². The molecule has 94 valence electrons. The Bertz CT molecular complexity index is 759. The minimum atomic E-state index is -0.202. The van der Waals surface area contributed by atoms with Crippen molar-refractivity contribution in [3.63, 3.8) is 0 Å². The Labute approximate surface area is 115 Å². The normalized spacial score (nSPS) is 10.6. The van der Waals surface area contributed by atoms with Crippen molar-refractivity contribution in [2.24, 2.45) is 0 Å². The highest BCUT2D eigenvalue weighted by molar-refractivity contribution is 6.32. The summed E-state index contributed by atoms with van der Waals surface area (Å²) in [5.74, 6) is 0. The Hall–Kier alpha value is -2.26. The molecular weight excluding hydrogens is 260 g/mol. The maximum atomic E-state index is 12.0. The molecule has 0 saturated carbocycles. The van der Waals surface area contributed by atoms with Crippen LogP contribution in [0.1, 0.15) is 0 Å². The van der Waals surface area contributed by atoms with Gasteiger partial charge in [-0.05, 0) is 12.1 Å². The third-order valence-corrected chi connectivity index (χ3v) is 3.26. The number of nitrogens with zero attached hydrogens (tertiary/aromatic N) is 1. The summed E-state index contributed by atoms with van der Waals surface area (Å²) < 4.78 is 1.58. The molecule has 3 nitrogen and oxygen atoms in total. The van der Waals surface area contributed by atoms with Crippen LogP contribution in [0.25, 0.3) is 16.9 Å². The predicted molar refractivity (Wildman–Crippen MR) is 76.8 cm³/mol. The first-order chi connectivity index (χ1) is 9.27. The fourth-order valence-electron chi connectivity index (χ4n) is 2.06. The number of hydrogen-bond donors (Lipinski definition) is 1. The smallest absolute Gasteiger partial charge is 0.312 e. The van der Waals surface area contributed by atoms with Gasteiger partial charge in [0.15, 0.2) is 0 Å². The highest BCUT2D eigenvalue weighted by Crippen LogP contribution is 2.24. The molecule has 0 atom stereocenters. The monoisotopic (exact) mass is 270 g/mol. The van der Waals surface area contributed by atoms with Crippen LogP contribution in [0.3, 0.4) is 0 Å². The Kier molecular flexibility index (Phi) is 2.97. The molecule has 0 unspecified atom stereocenters. The minimum absolute atomic E-state index is 0.202. The third kappa shape index (κ3) is 2.09. The van der Waals surface area contributed by atoms with Crippen LogP contribution < -0.4 is 5.69 Å². The molecule has 19 heavy (non-hydrogen) atoms. The number of para-hydroxylation sites is 1. The largest absolute Gasteiger partial charge is 0.330 e. The van der Waals surface area contributed by atoms with Gasteiger partial charge in [0.2, 0.25) is 0 Å². The summed E-state index contributed by atoms with van der Waals surface area (Å²) in [6, 6.07) is 17.0. The average Bonchev–Trinajstić information content (AvgIpc) is 2.82. The number of H-pyrrole nitrogens is 1. The first kappa shape index (κ1) is 11.8. The molecular formula is C15H11ClN2O. The molecule has 0 spiro atoms. The van der Waals surface area contributed by atoms with Crippen molar-refractivity contribution >= 4 is 11.6 Å². The summed E-state index contributed by atoms with van der Waals surface area (Å²) >= 11 is 6.17. The summed E-state index contributed by atoms with van der Waals surface area (Å²) in [7, 11) is 0. The van der Waals surface area contributed by atoms with Crippen molar-refractivity contribution in [3.05, 3.63) is 76.3 Å². The van der Waals surface area contributed by atoms with Gasteiger partial charge in [-0.1, -0.05) is 54.1 Å². The van der Waals surface area contributed by atoms with Crippen molar-refractivity contribution in [1.29, 1.82) is 0 Å². The number of halogens is 1. The molecule has 0 aliphatic rings. The molecule has 0 aliphatic carbocycles. The Balaban J connectivity index is 2.26. The fourth-order valence-corrected chi connectivity index (χ4v) is 2.28. The topological polar surface area (TPSA) is 37.8 Å². The second-order valence-electron chi connectivity index (χ2n) is 4.13. The average molecular weight is 271 g/mol. The minimum Gasteiger partial charge on any atom is -0.312 e. The zero-order chi connectivity index (χ0) is 13.2. The van der Waals surface area contributed by atoms with Crippen molar-refractivity contribution in [2.45, 2.75) is 0 Å². The Morgan fingerprint density at radius 1 is 0.947 bits per heavy atom. The molecule has 0 fully saturated rings. The molecule has 2 aromatic carbocycles. The van der Waals surface area contributed by atoms with E-state index in [0.717, 1.165) is 11.3 Å². The van der Waals surface area contributed by atoms with Gasteiger partial charge in [0, 0.05) is 11.8 Å². The second-order valence-corrected chi connectivity index (χ2v) is 4.54. The van der Waals surface area contributed by atoms with Gasteiger partial charge in [-0.15, -0.1) is 0 Å². The van der Waals surface area contributed by atoms with Crippen molar-refractivity contribution < 1.29 is 0 Å². The van der Waals surface area contributed by atoms with E-state index in [2.05, 4.69) is 4.98 Å². The van der Waals surface area contributed by atoms with Crippen LogP contribution in [0.5, 0.6) is 0 Å². The second kappa shape index (κ2) is 4.78. The molecule has 1 heterocycles. The lowest BCUT2D eigenvalue weighted by molar-refractivity contribution is 0.993. The lowest BCUT2D eigenvalue weighted by Gasteiger charge is -2.08. The van der Waals surface area contributed by atoms with E-state index in [0.29, 0.717) is 10.7 Å². The molecule has 0 radical (unpaired) electrons. The van der Waals surface area contributed by atoms with Gasteiger partial charge in [-0.3, -0.25) is 4.57 Å². The molecule has 4 heteroatoms. The van der Waals surface area contributed by atoms with Gasteiger partial charge >= 0.3 is 5.69 Å². The van der Waals surface area contributed by atoms with Gasteiger partial charge in [0.25, 0.3) is 0 Å². The zero-order valence-corrected chi connectivity index (χ0v) is 10.8. The van der Waals surface area contributed by atoms with Crippen LogP contribution in [-0.4, -0.2) is 9.55 Å². The molecule has 0 saturated heterocycles. The van der Waals surface area contributed by atoms with Crippen LogP contribution >= 0.6 is 11.6 Å². The summed E-state index contributed by atoms with van der Waals surface area (Å²) in [6.07, 6.45) is 1.70. The number of aromatic amines is 1. The first-order valence-electron chi connectivity index (χ1n) is 5.88. The van der Waals surface area contributed by atoms with Gasteiger partial charge in [-0.2, -0.15) is 0 Å². The number of imidazole rings is 1. The van der Waals surface area contributed by atoms with Crippen LogP contribution in [0.15, 0.2) is 65.6 Å². The van der Waals surface area contributed by atoms with Gasteiger partial charge in [0.1, 0.15) is 0 Å². The van der Waals surface area contributed by atoms with Gasteiger partial charge in [-0.25, -0.2) is 4.79 Å². The van der Waals surface area contributed by atoms with Crippen molar-refractivity contribution in [1.82, 2.24) is 9.55 Å². The number of hydrogen-bond acceptors (Lipinski definition) is 1. The van der Waals surface area contributed by atoms with Gasteiger partial charge in [0.05, 0.1) is 16.4 Å². The van der Waals surface area contributed by atoms with E-state index in [4.69, 9.17) is 11.6 Å².